The number of amides is 3. The van der Waals surface area contributed by atoms with Crippen molar-refractivity contribution in [3.8, 4) is 0 Å². The Labute approximate surface area is 87.0 Å². The molecule has 1 aliphatic rings. The van der Waals surface area contributed by atoms with E-state index in [1.165, 1.54) is 11.8 Å². The van der Waals surface area contributed by atoms with Gasteiger partial charge in [0.25, 0.3) is 0 Å². The molecule has 7 nitrogen and oxygen atoms in total. The zero-order valence-corrected chi connectivity index (χ0v) is 8.43. The number of likely N-dealkylation sites (tertiary alicyclic amines) is 1. The van der Waals surface area contributed by atoms with Gasteiger partial charge in [-0.15, -0.1) is 0 Å². The summed E-state index contributed by atoms with van der Waals surface area (Å²) in [4.78, 5) is 23.2. The van der Waals surface area contributed by atoms with E-state index in [1.807, 2.05) is 0 Å². The number of hydrazine groups is 1. The van der Waals surface area contributed by atoms with Gasteiger partial charge in [-0.1, -0.05) is 0 Å². The zero-order chi connectivity index (χ0) is 11.4. The van der Waals surface area contributed by atoms with Gasteiger partial charge in [0.2, 0.25) is 5.91 Å². The number of nitrogens with zero attached hydrogens (tertiary/aromatic N) is 1. The van der Waals surface area contributed by atoms with Gasteiger partial charge in [-0.05, 0) is 6.42 Å². The molecule has 0 spiro atoms. The van der Waals surface area contributed by atoms with Crippen LogP contribution in [0.4, 0.5) is 4.79 Å². The van der Waals surface area contributed by atoms with E-state index in [1.54, 1.807) is 0 Å². The van der Waals surface area contributed by atoms with Gasteiger partial charge >= 0.3 is 6.03 Å². The Balaban J connectivity index is 2.37. The molecule has 1 saturated heterocycles. The Kier molecular flexibility index (Phi) is 3.87. The van der Waals surface area contributed by atoms with Crippen LogP contribution in [0.5, 0.6) is 0 Å². The predicted octanol–water partition coefficient (Wildman–Crippen LogP) is -1.83. The number of carbonyl (C=O) groups excluding carboxylic acids is 2. The molecule has 0 saturated carbocycles. The molecule has 15 heavy (non-hydrogen) atoms. The summed E-state index contributed by atoms with van der Waals surface area (Å²) in [6, 6.07) is -0.490. The fourth-order valence-corrected chi connectivity index (χ4v) is 1.32. The molecule has 0 radical (unpaired) electrons. The highest BCUT2D eigenvalue weighted by molar-refractivity contribution is 5.79. The van der Waals surface area contributed by atoms with Crippen molar-refractivity contribution in [3.05, 3.63) is 0 Å². The van der Waals surface area contributed by atoms with Crippen LogP contribution in [-0.4, -0.2) is 52.3 Å². The van der Waals surface area contributed by atoms with Crippen molar-refractivity contribution >= 4 is 11.9 Å². The molecule has 1 rings (SSSR count). The van der Waals surface area contributed by atoms with Crippen LogP contribution in [0.3, 0.4) is 0 Å². The maximum atomic E-state index is 11.4. The molecule has 0 bridgehead atoms. The SMILES string of the molecule is CC(=O)NNC(=O)N1CCC(O)C(O)C1. The minimum absolute atomic E-state index is 0.0621. The molecule has 7 heteroatoms. The fraction of sp³-hybridized carbons (Fsp3) is 0.750. The Hall–Kier alpha value is -1.34. The molecule has 0 aromatic carbocycles. The van der Waals surface area contributed by atoms with Crippen molar-refractivity contribution in [2.24, 2.45) is 0 Å². The van der Waals surface area contributed by atoms with Gasteiger partial charge in [0.15, 0.2) is 0 Å². The number of hydrogen-bond donors (Lipinski definition) is 4. The number of nitrogens with one attached hydrogen (secondary N) is 2. The van der Waals surface area contributed by atoms with Crippen LogP contribution in [0.2, 0.25) is 0 Å². The van der Waals surface area contributed by atoms with Gasteiger partial charge in [-0.3, -0.25) is 10.2 Å². The lowest BCUT2D eigenvalue weighted by atomic mass is 10.1. The fourth-order valence-electron chi connectivity index (χ4n) is 1.32. The minimum Gasteiger partial charge on any atom is -0.390 e. The van der Waals surface area contributed by atoms with Crippen LogP contribution in [0.1, 0.15) is 13.3 Å². The Morgan fingerprint density at radius 3 is 2.47 bits per heavy atom. The van der Waals surface area contributed by atoms with Gasteiger partial charge in [-0.25, -0.2) is 10.2 Å². The highest BCUT2D eigenvalue weighted by Gasteiger charge is 2.28. The molecule has 1 aliphatic heterocycles. The lowest BCUT2D eigenvalue weighted by molar-refractivity contribution is -0.119. The zero-order valence-electron chi connectivity index (χ0n) is 8.43. The van der Waals surface area contributed by atoms with Gasteiger partial charge in [0.05, 0.1) is 18.8 Å². The van der Waals surface area contributed by atoms with Crippen molar-refractivity contribution in [2.75, 3.05) is 13.1 Å². The Bertz CT molecular complexity index is 258. The van der Waals surface area contributed by atoms with E-state index in [0.717, 1.165) is 0 Å². The lowest BCUT2D eigenvalue weighted by Gasteiger charge is -2.33. The predicted molar refractivity (Wildman–Crippen MR) is 50.6 cm³/mol. The van der Waals surface area contributed by atoms with Crippen molar-refractivity contribution in [1.29, 1.82) is 0 Å². The first-order valence-corrected chi connectivity index (χ1v) is 4.68. The standard InChI is InChI=1S/C8H15N3O4/c1-5(12)9-10-8(15)11-3-2-6(13)7(14)4-11/h6-7,13-14H,2-4H2,1H3,(H,9,12)(H,10,15). The number of carbonyl (C=O) groups is 2. The van der Waals surface area contributed by atoms with E-state index >= 15 is 0 Å². The second-order valence-corrected chi connectivity index (χ2v) is 3.48. The second-order valence-electron chi connectivity index (χ2n) is 3.48. The van der Waals surface area contributed by atoms with Gasteiger partial charge in [0.1, 0.15) is 0 Å². The highest BCUT2D eigenvalue weighted by Crippen LogP contribution is 2.10. The van der Waals surface area contributed by atoms with E-state index < -0.39 is 18.2 Å². The molecule has 86 valence electrons. The average molecular weight is 217 g/mol. The second kappa shape index (κ2) is 4.94. The van der Waals surface area contributed by atoms with E-state index in [0.29, 0.717) is 13.0 Å². The topological polar surface area (TPSA) is 102 Å². The van der Waals surface area contributed by atoms with E-state index in [9.17, 15) is 19.8 Å². The highest BCUT2D eigenvalue weighted by atomic mass is 16.3. The summed E-state index contributed by atoms with van der Waals surface area (Å²) < 4.78 is 0. The van der Waals surface area contributed by atoms with E-state index in [-0.39, 0.29) is 12.5 Å². The van der Waals surface area contributed by atoms with Gasteiger partial charge in [0, 0.05) is 13.5 Å². The van der Waals surface area contributed by atoms with Crippen LogP contribution in [0.15, 0.2) is 0 Å². The van der Waals surface area contributed by atoms with Crippen molar-refractivity contribution in [3.63, 3.8) is 0 Å². The lowest BCUT2D eigenvalue weighted by Crippen LogP contribution is -2.55. The smallest absolute Gasteiger partial charge is 0.336 e. The number of urea groups is 1. The minimum atomic E-state index is -0.929. The molecule has 0 aromatic heterocycles. The largest absolute Gasteiger partial charge is 0.390 e. The maximum Gasteiger partial charge on any atom is 0.336 e. The Morgan fingerprint density at radius 1 is 1.27 bits per heavy atom. The first-order chi connectivity index (χ1) is 7.00. The number of rotatable bonds is 0. The molecular weight excluding hydrogens is 202 g/mol. The number of piperidine rings is 1. The number of aliphatic hydroxyl groups excluding tert-OH is 2. The van der Waals surface area contributed by atoms with Crippen LogP contribution in [0.25, 0.3) is 0 Å². The summed E-state index contributed by atoms with van der Waals surface area (Å²) >= 11 is 0. The van der Waals surface area contributed by atoms with Crippen LogP contribution < -0.4 is 10.9 Å². The third kappa shape index (κ3) is 3.37. The van der Waals surface area contributed by atoms with Crippen LogP contribution in [0, 0.1) is 0 Å². The van der Waals surface area contributed by atoms with Crippen LogP contribution >= 0.6 is 0 Å². The first-order valence-electron chi connectivity index (χ1n) is 4.68. The first kappa shape index (κ1) is 11.7. The van der Waals surface area contributed by atoms with Crippen molar-refractivity contribution < 1.29 is 19.8 Å². The summed E-state index contributed by atoms with van der Waals surface area (Å²) in [7, 11) is 0. The summed E-state index contributed by atoms with van der Waals surface area (Å²) in [5.41, 5.74) is 4.33. The normalized spacial score (nSPS) is 25.9. The molecular formula is C8H15N3O4. The molecule has 0 aliphatic carbocycles. The van der Waals surface area contributed by atoms with Gasteiger partial charge < -0.3 is 15.1 Å². The summed E-state index contributed by atoms with van der Waals surface area (Å²) in [5.74, 6) is -0.374. The van der Waals surface area contributed by atoms with Gasteiger partial charge in [-0.2, -0.15) is 0 Å². The van der Waals surface area contributed by atoms with Crippen molar-refractivity contribution in [2.45, 2.75) is 25.6 Å². The average Bonchev–Trinajstić information content (AvgIpc) is 2.18. The number of hydrogen-bond acceptors (Lipinski definition) is 4. The molecule has 2 atom stereocenters. The summed E-state index contributed by atoms with van der Waals surface area (Å²) in [6.07, 6.45) is -1.38. The van der Waals surface area contributed by atoms with E-state index in [4.69, 9.17) is 0 Å². The van der Waals surface area contributed by atoms with Crippen molar-refractivity contribution in [1.82, 2.24) is 15.8 Å². The molecule has 2 unspecified atom stereocenters. The third-order valence-corrected chi connectivity index (χ3v) is 2.18. The Morgan fingerprint density at radius 2 is 1.93 bits per heavy atom. The monoisotopic (exact) mass is 217 g/mol. The number of β-amino-alcohol motifs (C(OH)–C–C–N with tert-alkyl or cyclic N) is 1. The summed E-state index contributed by atoms with van der Waals surface area (Å²) in [5, 5.41) is 18.5. The van der Waals surface area contributed by atoms with E-state index in [2.05, 4.69) is 10.9 Å². The molecule has 4 N–H and O–H groups in total. The molecule has 0 aromatic rings. The number of aliphatic hydroxyl groups is 2. The quantitative estimate of drug-likeness (QED) is 0.359. The summed E-state index contributed by atoms with van der Waals surface area (Å²) in [6.45, 7) is 1.69. The third-order valence-electron chi connectivity index (χ3n) is 2.18. The maximum absolute atomic E-state index is 11.4. The molecule has 3 amide bonds. The van der Waals surface area contributed by atoms with Crippen LogP contribution in [-0.2, 0) is 4.79 Å². The molecule has 1 heterocycles. The molecule has 1 fully saturated rings.